The SMILES string of the molecule is Cn1cc(-c2ccc3c(N4CCN(c5ccn(Cc6ccccc6)n5)CC4)cnn3c2)cn1. The minimum atomic E-state index is 0.796. The minimum Gasteiger partial charge on any atom is -0.365 e. The van der Waals surface area contributed by atoms with Crippen molar-refractivity contribution in [2.75, 3.05) is 36.0 Å². The second kappa shape index (κ2) is 8.12. The maximum Gasteiger partial charge on any atom is 0.150 e. The van der Waals surface area contributed by atoms with Crippen molar-refractivity contribution in [2.24, 2.45) is 7.05 Å². The lowest BCUT2D eigenvalue weighted by Gasteiger charge is -2.35. The monoisotopic (exact) mass is 438 g/mol. The maximum absolute atomic E-state index is 4.81. The average Bonchev–Trinajstić information content (AvgIpc) is 3.59. The van der Waals surface area contributed by atoms with Crippen molar-refractivity contribution in [3.63, 3.8) is 0 Å². The molecule has 0 radical (unpaired) electrons. The van der Waals surface area contributed by atoms with E-state index < -0.39 is 0 Å². The Kier molecular flexibility index (Phi) is 4.83. The fourth-order valence-electron chi connectivity index (χ4n) is 4.51. The van der Waals surface area contributed by atoms with Gasteiger partial charge < -0.3 is 9.80 Å². The fraction of sp³-hybridized carbons (Fsp3) is 0.240. The van der Waals surface area contributed by atoms with Gasteiger partial charge in [-0.25, -0.2) is 4.52 Å². The van der Waals surface area contributed by atoms with Crippen molar-refractivity contribution in [1.29, 1.82) is 0 Å². The molecule has 33 heavy (non-hydrogen) atoms. The van der Waals surface area contributed by atoms with Gasteiger partial charge in [-0.2, -0.15) is 15.3 Å². The molecule has 166 valence electrons. The van der Waals surface area contributed by atoms with E-state index in [9.17, 15) is 0 Å². The lowest BCUT2D eigenvalue weighted by molar-refractivity contribution is 0.630. The molecule has 0 N–H and O–H groups in total. The molecule has 8 nitrogen and oxygen atoms in total. The van der Waals surface area contributed by atoms with Gasteiger partial charge in [-0.15, -0.1) is 0 Å². The highest BCUT2D eigenvalue weighted by Crippen LogP contribution is 2.27. The number of piperazine rings is 1. The molecule has 0 bridgehead atoms. The van der Waals surface area contributed by atoms with Crippen LogP contribution in [0.25, 0.3) is 16.6 Å². The van der Waals surface area contributed by atoms with Crippen LogP contribution in [0.3, 0.4) is 0 Å². The zero-order chi connectivity index (χ0) is 22.2. The molecule has 6 rings (SSSR count). The van der Waals surface area contributed by atoms with Crippen molar-refractivity contribution in [1.82, 2.24) is 29.2 Å². The standard InChI is InChI=1S/C25H26N8/c1-29-18-22(15-26-29)21-7-8-23-24(16-27-33(23)19-21)30-11-13-31(14-12-30)25-9-10-32(28-25)17-20-5-3-2-4-6-20/h2-10,15-16,18-19H,11-14,17H2,1H3. The van der Waals surface area contributed by atoms with Gasteiger partial charge in [0.25, 0.3) is 0 Å². The first kappa shape index (κ1) is 19.6. The number of hydrogen-bond acceptors (Lipinski definition) is 5. The van der Waals surface area contributed by atoms with Crippen LogP contribution in [0.2, 0.25) is 0 Å². The van der Waals surface area contributed by atoms with Crippen LogP contribution in [0.5, 0.6) is 0 Å². The summed E-state index contributed by atoms with van der Waals surface area (Å²) in [6.45, 7) is 4.56. The zero-order valence-electron chi connectivity index (χ0n) is 18.6. The highest BCUT2D eigenvalue weighted by atomic mass is 15.4. The van der Waals surface area contributed by atoms with Crippen LogP contribution in [-0.4, -0.2) is 55.4 Å². The number of fused-ring (bicyclic) bond motifs is 1. The molecule has 0 aliphatic carbocycles. The van der Waals surface area contributed by atoms with Crippen molar-refractivity contribution >= 4 is 17.0 Å². The third kappa shape index (κ3) is 3.84. The second-order valence-electron chi connectivity index (χ2n) is 8.51. The summed E-state index contributed by atoms with van der Waals surface area (Å²) in [5, 5.41) is 13.7. The fourth-order valence-corrected chi connectivity index (χ4v) is 4.51. The van der Waals surface area contributed by atoms with E-state index in [0.29, 0.717) is 0 Å². The number of anilines is 2. The molecule has 1 aliphatic heterocycles. The summed E-state index contributed by atoms with van der Waals surface area (Å²) in [5.41, 5.74) is 5.78. The molecule has 0 atom stereocenters. The van der Waals surface area contributed by atoms with E-state index in [1.54, 1.807) is 0 Å². The van der Waals surface area contributed by atoms with Crippen LogP contribution in [0.4, 0.5) is 11.5 Å². The smallest absolute Gasteiger partial charge is 0.150 e. The van der Waals surface area contributed by atoms with E-state index >= 15 is 0 Å². The normalized spacial score (nSPS) is 14.3. The number of nitrogens with zero attached hydrogens (tertiary/aromatic N) is 8. The topological polar surface area (TPSA) is 59.4 Å². The van der Waals surface area contributed by atoms with Crippen LogP contribution in [0.15, 0.2) is 79.5 Å². The first-order valence-electron chi connectivity index (χ1n) is 11.3. The van der Waals surface area contributed by atoms with Crippen LogP contribution in [0.1, 0.15) is 5.56 Å². The van der Waals surface area contributed by atoms with Gasteiger partial charge in [0.1, 0.15) is 0 Å². The molecular weight excluding hydrogens is 412 g/mol. The van der Waals surface area contributed by atoms with Crippen molar-refractivity contribution < 1.29 is 0 Å². The first-order chi connectivity index (χ1) is 16.2. The molecule has 8 heteroatoms. The zero-order valence-corrected chi connectivity index (χ0v) is 18.6. The average molecular weight is 439 g/mol. The van der Waals surface area contributed by atoms with E-state index in [1.807, 2.05) is 45.6 Å². The molecule has 1 fully saturated rings. The maximum atomic E-state index is 4.81. The van der Waals surface area contributed by atoms with Gasteiger partial charge in [0.05, 0.1) is 30.1 Å². The Morgan fingerprint density at radius 1 is 0.788 bits per heavy atom. The van der Waals surface area contributed by atoms with Crippen molar-refractivity contribution in [3.8, 4) is 11.1 Å². The van der Waals surface area contributed by atoms with Gasteiger partial charge in [0.15, 0.2) is 5.82 Å². The highest BCUT2D eigenvalue weighted by Gasteiger charge is 2.21. The molecule has 0 amide bonds. The minimum absolute atomic E-state index is 0.796. The predicted octanol–water partition coefficient (Wildman–Crippen LogP) is 3.31. The van der Waals surface area contributed by atoms with Crippen LogP contribution < -0.4 is 9.80 Å². The first-order valence-corrected chi connectivity index (χ1v) is 11.3. The van der Waals surface area contributed by atoms with Crippen LogP contribution in [0, 0.1) is 0 Å². The van der Waals surface area contributed by atoms with E-state index in [1.165, 1.54) is 11.3 Å². The molecule has 5 aromatic rings. The van der Waals surface area contributed by atoms with E-state index in [2.05, 4.69) is 74.9 Å². The summed E-state index contributed by atoms with van der Waals surface area (Å²) < 4.78 is 5.80. The summed E-state index contributed by atoms with van der Waals surface area (Å²) in [4.78, 5) is 4.79. The van der Waals surface area contributed by atoms with E-state index in [-0.39, 0.29) is 0 Å². The molecule has 1 saturated heterocycles. The molecule has 1 aromatic carbocycles. The molecule has 1 aliphatic rings. The summed E-state index contributed by atoms with van der Waals surface area (Å²) in [6.07, 6.45) is 10.0. The molecular formula is C25H26N8. The Hall–Kier alpha value is -4.07. The van der Waals surface area contributed by atoms with Crippen LogP contribution >= 0.6 is 0 Å². The third-order valence-corrected chi connectivity index (χ3v) is 6.29. The number of aromatic nitrogens is 6. The summed E-state index contributed by atoms with van der Waals surface area (Å²) in [7, 11) is 1.93. The van der Waals surface area contributed by atoms with Crippen molar-refractivity contribution in [2.45, 2.75) is 6.54 Å². The Morgan fingerprint density at radius 3 is 2.39 bits per heavy atom. The number of pyridine rings is 1. The summed E-state index contributed by atoms with van der Waals surface area (Å²) in [5.74, 6) is 1.05. The molecule has 0 spiro atoms. The lowest BCUT2D eigenvalue weighted by Crippen LogP contribution is -2.46. The number of hydrogen-bond donors (Lipinski definition) is 0. The van der Waals surface area contributed by atoms with Gasteiger partial charge in [0, 0.05) is 69.0 Å². The predicted molar refractivity (Wildman–Crippen MR) is 130 cm³/mol. The molecule has 0 unspecified atom stereocenters. The highest BCUT2D eigenvalue weighted by molar-refractivity contribution is 5.75. The Balaban J connectivity index is 1.14. The Labute approximate surface area is 192 Å². The third-order valence-electron chi connectivity index (χ3n) is 6.29. The van der Waals surface area contributed by atoms with Gasteiger partial charge >= 0.3 is 0 Å². The Bertz CT molecular complexity index is 1370. The quantitative estimate of drug-likeness (QED) is 0.421. The van der Waals surface area contributed by atoms with Gasteiger partial charge in [-0.3, -0.25) is 9.36 Å². The summed E-state index contributed by atoms with van der Waals surface area (Å²) in [6, 6.07) is 16.9. The van der Waals surface area contributed by atoms with E-state index in [4.69, 9.17) is 5.10 Å². The van der Waals surface area contributed by atoms with Gasteiger partial charge in [-0.05, 0) is 11.6 Å². The number of rotatable bonds is 5. The molecule has 4 aromatic heterocycles. The largest absolute Gasteiger partial charge is 0.365 e. The lowest BCUT2D eigenvalue weighted by atomic mass is 10.1. The summed E-state index contributed by atoms with van der Waals surface area (Å²) >= 11 is 0. The van der Waals surface area contributed by atoms with Gasteiger partial charge in [-0.1, -0.05) is 36.4 Å². The second-order valence-corrected chi connectivity index (χ2v) is 8.51. The molecule has 0 saturated carbocycles. The van der Waals surface area contributed by atoms with Crippen LogP contribution in [-0.2, 0) is 13.6 Å². The molecule has 5 heterocycles. The van der Waals surface area contributed by atoms with Crippen molar-refractivity contribution in [3.05, 3.63) is 85.1 Å². The number of aryl methyl sites for hydroxylation is 1. The Morgan fingerprint density at radius 2 is 1.61 bits per heavy atom. The number of benzene rings is 1. The van der Waals surface area contributed by atoms with E-state index in [0.717, 1.165) is 55.2 Å². The van der Waals surface area contributed by atoms with Gasteiger partial charge in [0.2, 0.25) is 0 Å².